The van der Waals surface area contributed by atoms with Crippen LogP contribution in [0.25, 0.3) is 0 Å². The van der Waals surface area contributed by atoms with E-state index < -0.39 is 15.9 Å². The molecule has 3 rings (SSSR count). The Morgan fingerprint density at radius 3 is 2.10 bits per heavy atom. The summed E-state index contributed by atoms with van der Waals surface area (Å²) in [6.45, 7) is 1.75. The first-order chi connectivity index (χ1) is 14.8. The zero-order valence-electron chi connectivity index (χ0n) is 17.4. The van der Waals surface area contributed by atoms with Crippen LogP contribution in [-0.4, -0.2) is 34.3 Å². The Labute approximate surface area is 181 Å². The van der Waals surface area contributed by atoms with Crippen LogP contribution in [0.4, 0.5) is 11.4 Å². The molecular weight excluding hydrogens is 414 g/mol. The van der Waals surface area contributed by atoms with Crippen molar-refractivity contribution in [1.82, 2.24) is 5.32 Å². The second-order valence-corrected chi connectivity index (χ2v) is 8.81. The highest BCUT2D eigenvalue weighted by Crippen LogP contribution is 2.23. The Morgan fingerprint density at radius 2 is 1.48 bits per heavy atom. The van der Waals surface area contributed by atoms with E-state index in [1.54, 1.807) is 49.4 Å². The molecule has 8 heteroatoms. The van der Waals surface area contributed by atoms with Crippen LogP contribution in [0.1, 0.15) is 26.3 Å². The van der Waals surface area contributed by atoms with Gasteiger partial charge in [0.05, 0.1) is 10.6 Å². The van der Waals surface area contributed by atoms with Gasteiger partial charge >= 0.3 is 0 Å². The summed E-state index contributed by atoms with van der Waals surface area (Å²) >= 11 is 0. The predicted molar refractivity (Wildman–Crippen MR) is 121 cm³/mol. The summed E-state index contributed by atoms with van der Waals surface area (Å²) in [5.41, 5.74) is 2.44. The highest BCUT2D eigenvalue weighted by molar-refractivity contribution is 7.92. The largest absolute Gasteiger partial charge is 0.355 e. The van der Waals surface area contributed by atoms with E-state index in [9.17, 15) is 18.0 Å². The molecule has 2 N–H and O–H groups in total. The van der Waals surface area contributed by atoms with Gasteiger partial charge in [-0.05, 0) is 61.0 Å². The number of amides is 2. The number of carbonyl (C=O) groups excluding carboxylic acids is 2. The number of hydrogen-bond donors (Lipinski definition) is 2. The van der Waals surface area contributed by atoms with Crippen LogP contribution >= 0.6 is 0 Å². The third-order valence-corrected chi connectivity index (χ3v) is 6.75. The molecule has 2 amide bonds. The van der Waals surface area contributed by atoms with Crippen molar-refractivity contribution in [3.05, 3.63) is 89.5 Å². The van der Waals surface area contributed by atoms with E-state index in [-0.39, 0.29) is 10.8 Å². The molecule has 0 fully saturated rings. The summed E-state index contributed by atoms with van der Waals surface area (Å²) in [6, 6.07) is 19.5. The van der Waals surface area contributed by atoms with Crippen LogP contribution < -0.4 is 14.9 Å². The number of hydrogen-bond acceptors (Lipinski definition) is 4. The lowest BCUT2D eigenvalue weighted by Gasteiger charge is -2.19. The van der Waals surface area contributed by atoms with Crippen molar-refractivity contribution < 1.29 is 18.0 Å². The maximum absolute atomic E-state index is 12.9. The van der Waals surface area contributed by atoms with Crippen molar-refractivity contribution in [1.29, 1.82) is 0 Å². The molecule has 3 aromatic rings. The van der Waals surface area contributed by atoms with Crippen LogP contribution in [-0.2, 0) is 10.0 Å². The highest BCUT2D eigenvalue weighted by atomic mass is 32.2. The summed E-state index contributed by atoms with van der Waals surface area (Å²) in [5.74, 6) is -0.650. The van der Waals surface area contributed by atoms with Crippen molar-refractivity contribution in [3.63, 3.8) is 0 Å². The first-order valence-corrected chi connectivity index (χ1v) is 11.0. The number of benzene rings is 3. The monoisotopic (exact) mass is 437 g/mol. The van der Waals surface area contributed by atoms with Gasteiger partial charge in [0.25, 0.3) is 21.8 Å². The lowest BCUT2D eigenvalue weighted by Crippen LogP contribution is -2.26. The summed E-state index contributed by atoms with van der Waals surface area (Å²) in [7, 11) is -0.742. The number of carbonyl (C=O) groups is 2. The summed E-state index contributed by atoms with van der Waals surface area (Å²) in [5, 5.41) is 5.34. The molecule has 0 aliphatic heterocycles. The number of rotatable bonds is 6. The van der Waals surface area contributed by atoms with Crippen LogP contribution in [0.5, 0.6) is 0 Å². The van der Waals surface area contributed by atoms with Gasteiger partial charge in [-0.25, -0.2) is 8.42 Å². The van der Waals surface area contributed by atoms with E-state index in [2.05, 4.69) is 10.6 Å². The van der Waals surface area contributed by atoms with E-state index in [1.165, 1.54) is 42.7 Å². The Bertz CT molecular complexity index is 1210. The average Bonchev–Trinajstić information content (AvgIpc) is 2.80. The van der Waals surface area contributed by atoms with Gasteiger partial charge in [-0.2, -0.15) is 0 Å². The molecule has 0 heterocycles. The maximum Gasteiger partial charge on any atom is 0.264 e. The molecule has 0 radical (unpaired) electrons. The fourth-order valence-electron chi connectivity index (χ4n) is 3.06. The summed E-state index contributed by atoms with van der Waals surface area (Å²) < 4.78 is 26.9. The molecule has 160 valence electrons. The average molecular weight is 438 g/mol. The molecule has 0 aliphatic carbocycles. The molecule has 31 heavy (non-hydrogen) atoms. The van der Waals surface area contributed by atoms with Crippen molar-refractivity contribution >= 4 is 33.2 Å². The number of anilines is 2. The molecule has 0 bridgehead atoms. The Hall–Kier alpha value is -3.65. The number of nitrogens with one attached hydrogen (secondary N) is 2. The quantitative estimate of drug-likeness (QED) is 0.618. The van der Waals surface area contributed by atoms with E-state index in [0.29, 0.717) is 28.1 Å². The van der Waals surface area contributed by atoms with E-state index in [4.69, 9.17) is 0 Å². The van der Waals surface area contributed by atoms with Crippen molar-refractivity contribution in [3.8, 4) is 0 Å². The molecule has 0 atom stereocenters. The van der Waals surface area contributed by atoms with Crippen molar-refractivity contribution in [2.24, 2.45) is 0 Å². The fourth-order valence-corrected chi connectivity index (χ4v) is 4.25. The van der Waals surface area contributed by atoms with Gasteiger partial charge in [-0.1, -0.05) is 24.3 Å². The van der Waals surface area contributed by atoms with E-state index in [1.807, 2.05) is 6.07 Å². The van der Waals surface area contributed by atoms with Gasteiger partial charge in [0.15, 0.2) is 0 Å². The lowest BCUT2D eigenvalue weighted by atomic mass is 10.1. The Balaban J connectivity index is 1.80. The smallest absolute Gasteiger partial charge is 0.264 e. The normalized spacial score (nSPS) is 10.9. The van der Waals surface area contributed by atoms with Gasteiger partial charge in [0.1, 0.15) is 0 Å². The molecule has 0 aromatic heterocycles. The Kier molecular flexibility index (Phi) is 6.41. The van der Waals surface area contributed by atoms with Gasteiger partial charge in [-0.15, -0.1) is 0 Å². The second-order valence-electron chi connectivity index (χ2n) is 6.84. The Morgan fingerprint density at radius 1 is 0.839 bits per heavy atom. The van der Waals surface area contributed by atoms with Gasteiger partial charge in [0.2, 0.25) is 0 Å². The minimum Gasteiger partial charge on any atom is -0.355 e. The molecule has 0 unspecified atom stereocenters. The number of nitrogens with zero attached hydrogens (tertiary/aromatic N) is 1. The lowest BCUT2D eigenvalue weighted by molar-refractivity contribution is 0.0960. The molecule has 3 aromatic carbocycles. The minimum atomic E-state index is -3.76. The SMILES string of the molecule is CNC(=O)c1cccc(NC(=O)c2ccc(S(=O)(=O)N(C)c3ccccc3)cc2)c1C. The maximum atomic E-state index is 12.9. The van der Waals surface area contributed by atoms with Crippen molar-refractivity contribution in [2.45, 2.75) is 11.8 Å². The predicted octanol–water partition coefficient (Wildman–Crippen LogP) is 3.43. The van der Waals surface area contributed by atoms with Crippen LogP contribution in [0.15, 0.2) is 77.7 Å². The van der Waals surface area contributed by atoms with E-state index >= 15 is 0 Å². The first kappa shape index (κ1) is 22.0. The molecule has 0 aliphatic rings. The molecule has 0 saturated carbocycles. The fraction of sp³-hybridized carbons (Fsp3) is 0.130. The van der Waals surface area contributed by atoms with Crippen molar-refractivity contribution in [2.75, 3.05) is 23.7 Å². The number of sulfonamides is 1. The van der Waals surface area contributed by atoms with Crippen LogP contribution in [0.2, 0.25) is 0 Å². The molecule has 0 saturated heterocycles. The standard InChI is InChI=1S/C23H23N3O4S/c1-16-20(23(28)24-2)10-7-11-21(16)25-22(27)17-12-14-19(15-13-17)31(29,30)26(3)18-8-5-4-6-9-18/h4-15H,1-3H3,(H,24,28)(H,25,27). The van der Waals surface area contributed by atoms with Gasteiger partial charge < -0.3 is 10.6 Å². The van der Waals surface area contributed by atoms with Crippen LogP contribution in [0.3, 0.4) is 0 Å². The molecule has 7 nitrogen and oxygen atoms in total. The topological polar surface area (TPSA) is 95.6 Å². The van der Waals surface area contributed by atoms with E-state index in [0.717, 1.165) is 0 Å². The third kappa shape index (κ3) is 4.59. The van der Waals surface area contributed by atoms with Gasteiger partial charge in [0, 0.05) is 30.9 Å². The van der Waals surface area contributed by atoms with Crippen LogP contribution in [0, 0.1) is 6.92 Å². The zero-order valence-corrected chi connectivity index (χ0v) is 18.2. The zero-order chi connectivity index (χ0) is 22.6. The minimum absolute atomic E-state index is 0.0770. The molecular formula is C23H23N3O4S. The third-order valence-electron chi connectivity index (χ3n) is 4.95. The summed E-state index contributed by atoms with van der Waals surface area (Å²) in [6.07, 6.45) is 0. The second kappa shape index (κ2) is 9.01. The highest BCUT2D eigenvalue weighted by Gasteiger charge is 2.21. The number of para-hydroxylation sites is 1. The first-order valence-electron chi connectivity index (χ1n) is 9.53. The van der Waals surface area contributed by atoms with Gasteiger partial charge in [-0.3, -0.25) is 13.9 Å². The summed E-state index contributed by atoms with van der Waals surface area (Å²) in [4.78, 5) is 24.7. The molecule has 0 spiro atoms.